The number of halogens is 3. The fourth-order valence-electron chi connectivity index (χ4n) is 7.91. The van der Waals surface area contributed by atoms with E-state index in [1.54, 1.807) is 24.3 Å². The maximum Gasteiger partial charge on any atom is 0.254 e. The normalized spacial score (nSPS) is 21.3. The second kappa shape index (κ2) is 13.8. The predicted octanol–water partition coefficient (Wildman–Crippen LogP) is 6.39. The zero-order valence-electron chi connectivity index (χ0n) is 28.9. The fourth-order valence-corrected chi connectivity index (χ4v) is 7.91. The summed E-state index contributed by atoms with van der Waals surface area (Å²) in [5.41, 5.74) is 2.48. The van der Waals surface area contributed by atoms with Crippen LogP contribution in [0.2, 0.25) is 0 Å². The van der Waals surface area contributed by atoms with E-state index < -0.39 is 34.7 Å². The van der Waals surface area contributed by atoms with Gasteiger partial charge in [0.25, 0.3) is 5.91 Å². The molecule has 0 atom stereocenters. The molecule has 0 spiro atoms. The van der Waals surface area contributed by atoms with E-state index in [0.29, 0.717) is 23.9 Å². The monoisotopic (exact) mass is 711 g/mol. The van der Waals surface area contributed by atoms with Crippen LogP contribution in [0.5, 0.6) is 11.5 Å². The summed E-state index contributed by atoms with van der Waals surface area (Å²) in [6, 6.07) is 13.6. The number of nitrogens with zero attached hydrogens (tertiary/aromatic N) is 5. The number of carbonyl (C=O) groups is 1. The Kier molecular flexibility index (Phi) is 8.98. The fraction of sp³-hybridized carbons (Fsp3) is 0.385. The van der Waals surface area contributed by atoms with Crippen LogP contribution in [0.15, 0.2) is 67.1 Å². The Labute approximate surface area is 299 Å². The van der Waals surface area contributed by atoms with E-state index in [4.69, 9.17) is 14.6 Å². The molecule has 0 radical (unpaired) electrons. The van der Waals surface area contributed by atoms with E-state index in [0.717, 1.165) is 92.7 Å². The molecule has 3 aromatic carbocycles. The Hall–Kier alpha value is -5.17. The molecule has 3 heterocycles. The van der Waals surface area contributed by atoms with Crippen LogP contribution in [0.1, 0.15) is 54.4 Å². The zero-order chi connectivity index (χ0) is 35.9. The van der Waals surface area contributed by atoms with Gasteiger partial charge in [0.15, 0.2) is 17.4 Å². The molecular formula is C39H40F3N7O3. The van der Waals surface area contributed by atoms with Crippen LogP contribution >= 0.6 is 0 Å². The van der Waals surface area contributed by atoms with Crippen molar-refractivity contribution in [2.24, 2.45) is 5.41 Å². The molecule has 4 aliphatic rings. The number of hydrogen-bond acceptors (Lipinski definition) is 8. The molecule has 4 fully saturated rings. The van der Waals surface area contributed by atoms with Crippen molar-refractivity contribution in [2.75, 3.05) is 44.7 Å². The molecule has 52 heavy (non-hydrogen) atoms. The standard InChI is InChI=1S/C39H40F3N7O3/c1-51-29-6-2-25(3-7-29)23-52-35-31(40)19-30(33(41)34(35)42)36(50)46-24-38-8-11-39(12-9-38,13-10-38)49-22-27-5-4-26(18-32(27)47-49)28-20-44-37(45-21-28)48-16-14-43-15-17-48/h2-7,18-22,43H,8-17,23-24H2,1H3,(H,46,50)/t38-,39+. The summed E-state index contributed by atoms with van der Waals surface area (Å²) >= 11 is 0. The van der Waals surface area contributed by atoms with Crippen LogP contribution in [-0.4, -0.2) is 65.5 Å². The first-order valence-electron chi connectivity index (χ1n) is 17.7. The number of piperazine rings is 1. The smallest absolute Gasteiger partial charge is 0.254 e. The van der Waals surface area contributed by atoms with Gasteiger partial charge in [0.2, 0.25) is 11.8 Å². The molecule has 10 nitrogen and oxygen atoms in total. The lowest BCUT2D eigenvalue weighted by molar-refractivity contribution is -0.00564. The number of rotatable bonds is 10. The van der Waals surface area contributed by atoms with Crippen LogP contribution < -0.4 is 25.0 Å². The molecular weight excluding hydrogens is 671 g/mol. The highest BCUT2D eigenvalue weighted by molar-refractivity contribution is 5.94. The van der Waals surface area contributed by atoms with E-state index in [-0.39, 0.29) is 17.6 Å². The third kappa shape index (κ3) is 6.42. The van der Waals surface area contributed by atoms with Crippen LogP contribution in [-0.2, 0) is 12.1 Å². The second-order valence-electron chi connectivity index (χ2n) is 14.3. The average molecular weight is 712 g/mol. The number of ether oxygens (including phenoxy) is 2. The molecule has 0 unspecified atom stereocenters. The van der Waals surface area contributed by atoms with E-state index >= 15 is 4.39 Å². The number of nitrogens with one attached hydrogen (secondary N) is 2. The van der Waals surface area contributed by atoms with Gasteiger partial charge in [-0.1, -0.05) is 24.3 Å². The van der Waals surface area contributed by atoms with Gasteiger partial charge in [-0.3, -0.25) is 9.48 Å². The van der Waals surface area contributed by atoms with Crippen LogP contribution in [0.4, 0.5) is 19.1 Å². The summed E-state index contributed by atoms with van der Waals surface area (Å²) in [5.74, 6) is -4.48. The Morgan fingerprint density at radius 1 is 0.904 bits per heavy atom. The van der Waals surface area contributed by atoms with Gasteiger partial charge < -0.3 is 25.0 Å². The number of anilines is 1. The second-order valence-corrected chi connectivity index (χ2v) is 14.3. The lowest BCUT2D eigenvalue weighted by Gasteiger charge is -2.53. The molecule has 1 amide bonds. The number of carbonyl (C=O) groups excluding carboxylic acids is 1. The minimum Gasteiger partial charge on any atom is -0.497 e. The summed E-state index contributed by atoms with van der Waals surface area (Å²) < 4.78 is 57.5. The number of fused-ring (bicyclic) bond motifs is 4. The largest absolute Gasteiger partial charge is 0.497 e. The summed E-state index contributed by atoms with van der Waals surface area (Å²) in [4.78, 5) is 24.5. The molecule has 2 bridgehead atoms. The summed E-state index contributed by atoms with van der Waals surface area (Å²) in [7, 11) is 1.52. The van der Waals surface area contributed by atoms with E-state index in [1.165, 1.54) is 7.11 Å². The van der Waals surface area contributed by atoms with Gasteiger partial charge >= 0.3 is 0 Å². The minimum atomic E-state index is -1.53. The van der Waals surface area contributed by atoms with Crippen molar-refractivity contribution in [3.05, 3.63) is 95.7 Å². The number of hydrogen-bond donors (Lipinski definition) is 2. The topological polar surface area (TPSA) is 106 Å². The van der Waals surface area contributed by atoms with Gasteiger partial charge in [-0.25, -0.2) is 18.7 Å². The quantitative estimate of drug-likeness (QED) is 0.161. The van der Waals surface area contributed by atoms with E-state index in [9.17, 15) is 13.6 Å². The summed E-state index contributed by atoms with van der Waals surface area (Å²) in [6.45, 7) is 3.73. The van der Waals surface area contributed by atoms with Gasteiger partial charge in [0.05, 0.1) is 23.7 Å². The zero-order valence-corrected chi connectivity index (χ0v) is 28.9. The number of methoxy groups -OCH3 is 1. The number of benzene rings is 3. The SMILES string of the molecule is COc1ccc(COc2c(F)cc(C(=O)NC[C@]34CC[C@](n5cc6ccc(-c7cnc(N8CCNCC8)nc7)cc6n5)(CC3)CC4)c(F)c2F)cc1. The van der Waals surface area contributed by atoms with E-state index in [2.05, 4.69) is 54.6 Å². The first-order valence-corrected chi connectivity index (χ1v) is 17.7. The van der Waals surface area contributed by atoms with Crippen molar-refractivity contribution in [3.63, 3.8) is 0 Å². The van der Waals surface area contributed by atoms with Crippen molar-refractivity contribution in [1.29, 1.82) is 0 Å². The first-order chi connectivity index (χ1) is 25.2. The Morgan fingerprint density at radius 3 is 2.31 bits per heavy atom. The van der Waals surface area contributed by atoms with Crippen molar-refractivity contribution >= 4 is 22.8 Å². The predicted molar refractivity (Wildman–Crippen MR) is 190 cm³/mol. The lowest BCUT2D eigenvalue weighted by Crippen LogP contribution is -2.51. The Balaban J connectivity index is 0.895. The molecule has 13 heteroatoms. The summed E-state index contributed by atoms with van der Waals surface area (Å²) in [5, 5.41) is 12.2. The van der Waals surface area contributed by atoms with Gasteiger partial charge in [0.1, 0.15) is 12.4 Å². The van der Waals surface area contributed by atoms with Gasteiger partial charge in [-0.05, 0) is 79.3 Å². The highest BCUT2D eigenvalue weighted by Crippen LogP contribution is 2.55. The molecule has 2 N–H and O–H groups in total. The summed E-state index contributed by atoms with van der Waals surface area (Å²) in [6.07, 6.45) is 11.0. The van der Waals surface area contributed by atoms with Crippen LogP contribution in [0.25, 0.3) is 22.0 Å². The molecule has 9 rings (SSSR count). The van der Waals surface area contributed by atoms with Gasteiger partial charge in [0, 0.05) is 62.3 Å². The van der Waals surface area contributed by atoms with Gasteiger partial charge in [-0.2, -0.15) is 9.49 Å². The minimum absolute atomic E-state index is 0.126. The van der Waals surface area contributed by atoms with Crippen LogP contribution in [0.3, 0.4) is 0 Å². The van der Waals surface area contributed by atoms with Crippen LogP contribution in [0, 0.1) is 22.9 Å². The van der Waals surface area contributed by atoms with Crippen molar-refractivity contribution in [1.82, 2.24) is 30.4 Å². The molecule has 1 saturated heterocycles. The molecule has 3 saturated carbocycles. The highest BCUT2D eigenvalue weighted by atomic mass is 19.2. The number of amides is 1. The molecule has 270 valence electrons. The maximum absolute atomic E-state index is 15.1. The van der Waals surface area contributed by atoms with Crippen molar-refractivity contribution in [2.45, 2.75) is 50.7 Å². The molecule has 3 aliphatic carbocycles. The maximum atomic E-state index is 15.1. The highest BCUT2D eigenvalue weighted by Gasteiger charge is 2.50. The lowest BCUT2D eigenvalue weighted by atomic mass is 9.57. The molecule has 1 aliphatic heterocycles. The Morgan fingerprint density at radius 2 is 1.62 bits per heavy atom. The first kappa shape index (κ1) is 33.9. The average Bonchev–Trinajstić information content (AvgIpc) is 3.64. The van der Waals surface area contributed by atoms with E-state index in [1.807, 2.05) is 12.4 Å². The van der Waals surface area contributed by atoms with Crippen molar-refractivity contribution in [3.8, 4) is 22.6 Å². The third-order valence-electron chi connectivity index (χ3n) is 11.3. The number of aromatic nitrogens is 4. The third-order valence-corrected chi connectivity index (χ3v) is 11.3. The molecule has 2 aromatic heterocycles. The van der Waals surface area contributed by atoms with Gasteiger partial charge in [-0.15, -0.1) is 0 Å². The molecule has 5 aromatic rings. The van der Waals surface area contributed by atoms with Crippen molar-refractivity contribution < 1.29 is 27.4 Å². The Bertz CT molecular complexity index is 2080.